The summed E-state index contributed by atoms with van der Waals surface area (Å²) in [7, 11) is 0. The second-order valence-corrected chi connectivity index (χ2v) is 7.15. The minimum Gasteiger partial charge on any atom is -0.421 e. The Morgan fingerprint density at radius 2 is 1.95 bits per heavy atom. The molecule has 6 heteroatoms. The Morgan fingerprint density at radius 3 is 2.60 bits per heavy atom. The zero-order chi connectivity index (χ0) is 14.7. The third-order valence-electron chi connectivity index (χ3n) is 2.42. The molecule has 0 aliphatic rings. The summed E-state index contributed by atoms with van der Waals surface area (Å²) in [5.41, 5.74) is 0.787. The summed E-state index contributed by atoms with van der Waals surface area (Å²) in [6.45, 7) is 0. The highest BCUT2D eigenvalue weighted by molar-refractivity contribution is 14.1. The van der Waals surface area contributed by atoms with Crippen molar-refractivity contribution in [3.8, 4) is 5.75 Å². The predicted octanol–water partition coefficient (Wildman–Crippen LogP) is 4.69. The Kier molecular flexibility index (Phi) is 5.56. The molecule has 0 amide bonds. The van der Waals surface area contributed by atoms with E-state index in [-0.39, 0.29) is 0 Å². The normalized spacial score (nSPS) is 10.2. The van der Waals surface area contributed by atoms with E-state index in [4.69, 9.17) is 4.74 Å². The SMILES string of the molecule is O=Cc1cc(I)cc(I)c1OC(=O)c1cccc(Br)c1. The maximum Gasteiger partial charge on any atom is 0.343 e. The molecule has 0 bridgehead atoms. The van der Waals surface area contributed by atoms with Crippen LogP contribution >= 0.6 is 61.1 Å². The topological polar surface area (TPSA) is 43.4 Å². The molecule has 0 fully saturated rings. The van der Waals surface area contributed by atoms with Crippen LogP contribution in [0, 0.1) is 7.14 Å². The van der Waals surface area contributed by atoms with Crippen LogP contribution in [0.5, 0.6) is 5.75 Å². The molecule has 0 N–H and O–H groups in total. The van der Waals surface area contributed by atoms with E-state index in [1.807, 2.05) is 34.7 Å². The summed E-state index contributed by atoms with van der Waals surface area (Å²) in [4.78, 5) is 23.2. The highest BCUT2D eigenvalue weighted by Gasteiger charge is 2.15. The molecule has 0 saturated carbocycles. The monoisotopic (exact) mass is 556 g/mol. The third kappa shape index (κ3) is 3.79. The van der Waals surface area contributed by atoms with E-state index in [9.17, 15) is 9.59 Å². The van der Waals surface area contributed by atoms with Crippen molar-refractivity contribution in [1.82, 2.24) is 0 Å². The molecule has 102 valence electrons. The van der Waals surface area contributed by atoms with E-state index in [0.717, 1.165) is 11.6 Å². The molecule has 0 saturated heterocycles. The van der Waals surface area contributed by atoms with Gasteiger partial charge in [0.1, 0.15) is 0 Å². The minimum absolute atomic E-state index is 0.297. The first-order valence-corrected chi connectivity index (χ1v) is 8.38. The Balaban J connectivity index is 2.35. The quantitative estimate of drug-likeness (QED) is 0.238. The highest BCUT2D eigenvalue weighted by atomic mass is 127. The van der Waals surface area contributed by atoms with Crippen LogP contribution in [0.1, 0.15) is 20.7 Å². The fourth-order valence-corrected chi connectivity index (χ4v) is 3.94. The van der Waals surface area contributed by atoms with Crippen LogP contribution in [0.25, 0.3) is 0 Å². The fraction of sp³-hybridized carbons (Fsp3) is 0. The van der Waals surface area contributed by atoms with Gasteiger partial charge in [-0.3, -0.25) is 4.79 Å². The van der Waals surface area contributed by atoms with Crippen LogP contribution in [0.4, 0.5) is 0 Å². The number of rotatable bonds is 3. The van der Waals surface area contributed by atoms with Gasteiger partial charge in [0.15, 0.2) is 12.0 Å². The Hall–Kier alpha value is -0.480. The van der Waals surface area contributed by atoms with E-state index in [0.29, 0.717) is 23.2 Å². The van der Waals surface area contributed by atoms with E-state index < -0.39 is 5.97 Å². The average Bonchev–Trinajstić information content (AvgIpc) is 2.41. The van der Waals surface area contributed by atoms with Crippen molar-refractivity contribution in [3.05, 3.63) is 59.1 Å². The molecular formula is C14H7BrI2O3. The van der Waals surface area contributed by atoms with Crippen molar-refractivity contribution >= 4 is 73.4 Å². The maximum absolute atomic E-state index is 12.1. The average molecular weight is 557 g/mol. The molecule has 0 aliphatic heterocycles. The molecule has 0 radical (unpaired) electrons. The second-order valence-electron chi connectivity index (χ2n) is 3.82. The largest absolute Gasteiger partial charge is 0.421 e. The first-order chi connectivity index (χ1) is 9.51. The summed E-state index contributed by atoms with van der Waals surface area (Å²) in [6.07, 6.45) is 0.688. The van der Waals surface area contributed by atoms with Crippen LogP contribution in [-0.4, -0.2) is 12.3 Å². The van der Waals surface area contributed by atoms with E-state index in [1.165, 1.54) is 0 Å². The summed E-state index contributed by atoms with van der Waals surface area (Å²) >= 11 is 7.46. The molecule has 0 atom stereocenters. The number of carbonyl (C=O) groups excluding carboxylic acids is 2. The highest BCUT2D eigenvalue weighted by Crippen LogP contribution is 2.28. The molecule has 20 heavy (non-hydrogen) atoms. The molecule has 0 aromatic heterocycles. The molecule has 0 heterocycles. The van der Waals surface area contributed by atoms with Gasteiger partial charge in [0.05, 0.1) is 14.7 Å². The zero-order valence-electron chi connectivity index (χ0n) is 9.90. The molecular weight excluding hydrogens is 550 g/mol. The van der Waals surface area contributed by atoms with Crippen LogP contribution < -0.4 is 4.74 Å². The van der Waals surface area contributed by atoms with E-state index in [1.54, 1.807) is 24.3 Å². The third-order valence-corrected chi connectivity index (χ3v) is 4.34. The van der Waals surface area contributed by atoms with Crippen molar-refractivity contribution in [2.24, 2.45) is 0 Å². The van der Waals surface area contributed by atoms with Crippen LogP contribution in [0.15, 0.2) is 40.9 Å². The van der Waals surface area contributed by atoms with Crippen LogP contribution in [0.2, 0.25) is 0 Å². The number of benzene rings is 2. The smallest absolute Gasteiger partial charge is 0.343 e. The summed E-state index contributed by atoms with van der Waals surface area (Å²) < 4.78 is 7.79. The lowest BCUT2D eigenvalue weighted by Gasteiger charge is -2.09. The number of esters is 1. The number of hydrogen-bond donors (Lipinski definition) is 0. The van der Waals surface area contributed by atoms with Gasteiger partial charge in [0, 0.05) is 8.04 Å². The van der Waals surface area contributed by atoms with Gasteiger partial charge in [0.25, 0.3) is 0 Å². The summed E-state index contributed by atoms with van der Waals surface area (Å²) in [6, 6.07) is 10.4. The van der Waals surface area contributed by atoms with Gasteiger partial charge in [-0.2, -0.15) is 0 Å². The minimum atomic E-state index is -0.492. The number of carbonyl (C=O) groups is 2. The predicted molar refractivity (Wildman–Crippen MR) is 96.4 cm³/mol. The van der Waals surface area contributed by atoms with Crippen molar-refractivity contribution in [2.45, 2.75) is 0 Å². The first-order valence-electron chi connectivity index (χ1n) is 5.43. The Morgan fingerprint density at radius 1 is 1.20 bits per heavy atom. The van der Waals surface area contributed by atoms with Crippen molar-refractivity contribution in [2.75, 3.05) is 0 Å². The summed E-state index contributed by atoms with van der Waals surface area (Å²) in [5.74, 6) is -0.195. The number of ether oxygens (including phenoxy) is 1. The van der Waals surface area contributed by atoms with E-state index >= 15 is 0 Å². The second kappa shape index (κ2) is 6.99. The van der Waals surface area contributed by atoms with Gasteiger partial charge in [-0.25, -0.2) is 4.79 Å². The Labute approximate surface area is 151 Å². The standard InChI is InChI=1S/C14H7BrI2O3/c15-10-3-1-2-8(4-10)14(19)20-13-9(7-18)5-11(16)6-12(13)17/h1-7H. The molecule has 2 aromatic carbocycles. The van der Waals surface area contributed by atoms with E-state index in [2.05, 4.69) is 38.5 Å². The van der Waals surface area contributed by atoms with Crippen LogP contribution in [0.3, 0.4) is 0 Å². The lowest BCUT2D eigenvalue weighted by Crippen LogP contribution is -2.11. The molecule has 2 rings (SSSR count). The van der Waals surface area contributed by atoms with Crippen molar-refractivity contribution in [1.29, 1.82) is 0 Å². The van der Waals surface area contributed by atoms with Gasteiger partial charge in [0.2, 0.25) is 0 Å². The number of hydrogen-bond acceptors (Lipinski definition) is 3. The molecule has 0 aliphatic carbocycles. The van der Waals surface area contributed by atoms with Crippen molar-refractivity contribution in [3.63, 3.8) is 0 Å². The molecule has 0 unspecified atom stereocenters. The number of halogens is 3. The lowest BCUT2D eigenvalue weighted by atomic mass is 10.2. The van der Waals surface area contributed by atoms with Crippen LogP contribution in [-0.2, 0) is 0 Å². The maximum atomic E-state index is 12.1. The Bertz CT molecular complexity index is 686. The van der Waals surface area contributed by atoms with Gasteiger partial charge < -0.3 is 4.74 Å². The molecule has 0 spiro atoms. The van der Waals surface area contributed by atoms with Gasteiger partial charge >= 0.3 is 5.97 Å². The van der Waals surface area contributed by atoms with Gasteiger partial charge in [-0.15, -0.1) is 0 Å². The van der Waals surface area contributed by atoms with Gasteiger partial charge in [-0.1, -0.05) is 22.0 Å². The fourth-order valence-electron chi connectivity index (χ4n) is 1.54. The lowest BCUT2D eigenvalue weighted by molar-refractivity contribution is 0.0732. The molecule has 2 aromatic rings. The molecule has 3 nitrogen and oxygen atoms in total. The zero-order valence-corrected chi connectivity index (χ0v) is 15.8. The van der Waals surface area contributed by atoms with Gasteiger partial charge in [-0.05, 0) is 75.5 Å². The number of aldehydes is 1. The first kappa shape index (κ1) is 15.9. The van der Waals surface area contributed by atoms with Crippen molar-refractivity contribution < 1.29 is 14.3 Å². The summed E-state index contributed by atoms with van der Waals surface area (Å²) in [5, 5.41) is 0.